The monoisotopic (exact) mass is 502 g/mol. The van der Waals surface area contributed by atoms with Gasteiger partial charge in [-0.1, -0.05) is 53.8 Å². The summed E-state index contributed by atoms with van der Waals surface area (Å²) in [4.78, 5) is 32.1. The minimum Gasteiger partial charge on any atom is -0.496 e. The van der Waals surface area contributed by atoms with Crippen molar-refractivity contribution in [2.24, 2.45) is 4.99 Å². The fraction of sp³-hybridized carbons (Fsp3) is 0.179. The molecule has 0 spiro atoms. The van der Waals surface area contributed by atoms with E-state index < -0.39 is 12.0 Å². The summed E-state index contributed by atoms with van der Waals surface area (Å²) in [5, 5.41) is 1.80. The number of nitrogens with zero attached hydrogens (tertiary/aromatic N) is 2. The Balaban J connectivity index is 1.84. The zero-order chi connectivity index (χ0) is 25.4. The number of ether oxygens (including phenoxy) is 2. The van der Waals surface area contributed by atoms with Gasteiger partial charge in [-0.05, 0) is 54.5 Å². The fourth-order valence-electron chi connectivity index (χ4n) is 4.51. The third kappa shape index (κ3) is 4.03. The van der Waals surface area contributed by atoms with Crippen LogP contribution in [0.3, 0.4) is 0 Å². The Labute approximate surface area is 210 Å². The molecule has 8 heteroatoms. The molecular formula is C28H23FN2O4S. The minimum atomic E-state index is -0.809. The summed E-state index contributed by atoms with van der Waals surface area (Å²) in [6.45, 7) is 3.66. The Morgan fingerprint density at radius 3 is 2.61 bits per heavy atom. The van der Waals surface area contributed by atoms with Crippen LogP contribution in [-0.4, -0.2) is 24.3 Å². The quantitative estimate of drug-likeness (QED) is 0.386. The Hall–Kier alpha value is -4.04. The second-order valence-corrected chi connectivity index (χ2v) is 9.27. The van der Waals surface area contributed by atoms with Crippen LogP contribution in [0.4, 0.5) is 4.39 Å². The number of hydrogen-bond donors (Lipinski definition) is 0. The van der Waals surface area contributed by atoms with Gasteiger partial charge in [-0.3, -0.25) is 9.36 Å². The number of allylic oxidation sites excluding steroid dienone is 1. The second kappa shape index (κ2) is 9.54. The van der Waals surface area contributed by atoms with E-state index in [2.05, 4.69) is 4.99 Å². The summed E-state index contributed by atoms with van der Waals surface area (Å²) in [6.07, 6.45) is 1.70. The lowest BCUT2D eigenvalue weighted by Crippen LogP contribution is -2.40. The molecule has 0 radical (unpaired) electrons. The molecule has 1 aliphatic rings. The molecule has 0 N–H and O–H groups in total. The van der Waals surface area contributed by atoms with E-state index in [0.29, 0.717) is 31.9 Å². The molecule has 0 saturated heterocycles. The number of hydrogen-bond acceptors (Lipinski definition) is 6. The van der Waals surface area contributed by atoms with Crippen molar-refractivity contribution in [1.29, 1.82) is 0 Å². The fourth-order valence-corrected chi connectivity index (χ4v) is 5.56. The standard InChI is InChI=1S/C28H23FN2O4S/c1-4-35-27(33)23-16(2)30-28-31(26(32)22(36-28)15-17-9-12-19(29)13-10-17)25(23)24-20-8-6-5-7-18(20)11-14-21(24)34-3/h5-15,25H,4H2,1-3H3/b22-15+. The number of halogens is 1. The first-order chi connectivity index (χ1) is 17.4. The van der Waals surface area contributed by atoms with E-state index >= 15 is 0 Å². The van der Waals surface area contributed by atoms with Gasteiger partial charge in [-0.15, -0.1) is 0 Å². The molecule has 1 aliphatic heterocycles. The van der Waals surface area contributed by atoms with Crippen molar-refractivity contribution in [1.82, 2.24) is 4.57 Å². The van der Waals surface area contributed by atoms with Crippen molar-refractivity contribution in [3.05, 3.63) is 109 Å². The second-order valence-electron chi connectivity index (χ2n) is 8.26. The molecule has 0 aliphatic carbocycles. The van der Waals surface area contributed by atoms with E-state index in [1.54, 1.807) is 39.2 Å². The van der Waals surface area contributed by atoms with Crippen LogP contribution in [0.5, 0.6) is 5.75 Å². The van der Waals surface area contributed by atoms with Gasteiger partial charge in [0.25, 0.3) is 5.56 Å². The number of benzene rings is 3. The Kier molecular flexibility index (Phi) is 6.28. The summed E-state index contributed by atoms with van der Waals surface area (Å²) < 4.78 is 26.5. The number of carbonyl (C=O) groups is 1. The molecule has 0 saturated carbocycles. The van der Waals surface area contributed by atoms with Crippen molar-refractivity contribution in [2.75, 3.05) is 13.7 Å². The van der Waals surface area contributed by atoms with Crippen LogP contribution in [0.25, 0.3) is 16.8 Å². The van der Waals surface area contributed by atoms with E-state index in [4.69, 9.17) is 9.47 Å². The van der Waals surface area contributed by atoms with Gasteiger partial charge in [0.15, 0.2) is 4.80 Å². The maximum atomic E-state index is 13.8. The first-order valence-electron chi connectivity index (χ1n) is 11.4. The molecule has 5 rings (SSSR count). The van der Waals surface area contributed by atoms with Gasteiger partial charge in [0.1, 0.15) is 17.6 Å². The van der Waals surface area contributed by atoms with Gasteiger partial charge >= 0.3 is 5.97 Å². The zero-order valence-corrected chi connectivity index (χ0v) is 20.8. The number of aromatic nitrogens is 1. The summed E-state index contributed by atoms with van der Waals surface area (Å²) in [5.41, 5.74) is 1.82. The lowest BCUT2D eigenvalue weighted by atomic mass is 9.90. The van der Waals surface area contributed by atoms with Crippen LogP contribution in [-0.2, 0) is 9.53 Å². The van der Waals surface area contributed by atoms with Crippen molar-refractivity contribution < 1.29 is 18.7 Å². The molecule has 1 unspecified atom stereocenters. The average molecular weight is 503 g/mol. The Morgan fingerprint density at radius 1 is 1.14 bits per heavy atom. The molecule has 6 nitrogen and oxygen atoms in total. The summed E-state index contributed by atoms with van der Waals surface area (Å²) in [5.74, 6) is -0.346. The van der Waals surface area contributed by atoms with Crippen LogP contribution < -0.4 is 19.6 Å². The molecule has 1 atom stereocenters. The van der Waals surface area contributed by atoms with Crippen LogP contribution in [0.1, 0.15) is 31.0 Å². The van der Waals surface area contributed by atoms with Gasteiger partial charge in [-0.2, -0.15) is 0 Å². The lowest BCUT2D eigenvalue weighted by Gasteiger charge is -2.27. The molecule has 0 bridgehead atoms. The van der Waals surface area contributed by atoms with Crippen molar-refractivity contribution in [3.8, 4) is 5.75 Å². The Morgan fingerprint density at radius 2 is 1.89 bits per heavy atom. The third-order valence-corrected chi connectivity index (χ3v) is 7.09. The average Bonchev–Trinajstić information content (AvgIpc) is 3.18. The highest BCUT2D eigenvalue weighted by molar-refractivity contribution is 7.07. The number of esters is 1. The molecule has 0 fully saturated rings. The van der Waals surface area contributed by atoms with E-state index in [-0.39, 0.29) is 23.6 Å². The molecule has 36 heavy (non-hydrogen) atoms. The molecule has 3 aromatic carbocycles. The zero-order valence-electron chi connectivity index (χ0n) is 19.9. The van der Waals surface area contributed by atoms with Crippen molar-refractivity contribution >= 4 is 34.2 Å². The number of rotatable bonds is 5. The van der Waals surface area contributed by atoms with E-state index in [9.17, 15) is 14.0 Å². The molecule has 4 aromatic rings. The lowest BCUT2D eigenvalue weighted by molar-refractivity contribution is -0.139. The van der Waals surface area contributed by atoms with Crippen LogP contribution in [0.15, 0.2) is 81.7 Å². The van der Waals surface area contributed by atoms with Gasteiger partial charge in [0.05, 0.1) is 29.5 Å². The first-order valence-corrected chi connectivity index (χ1v) is 12.3. The molecule has 0 amide bonds. The number of fused-ring (bicyclic) bond motifs is 2. The SMILES string of the molecule is CCOC(=O)C1=C(C)N=c2s/c(=C/c3ccc(F)cc3)c(=O)n2C1c1c(OC)ccc2ccccc12. The van der Waals surface area contributed by atoms with Crippen molar-refractivity contribution in [2.45, 2.75) is 19.9 Å². The molecular weight excluding hydrogens is 479 g/mol. The number of methoxy groups -OCH3 is 1. The highest BCUT2D eigenvalue weighted by Crippen LogP contribution is 2.40. The number of carbonyl (C=O) groups excluding carboxylic acids is 1. The summed E-state index contributed by atoms with van der Waals surface area (Å²) in [7, 11) is 1.56. The minimum absolute atomic E-state index is 0.185. The maximum absolute atomic E-state index is 13.8. The first kappa shape index (κ1) is 23.7. The largest absolute Gasteiger partial charge is 0.496 e. The summed E-state index contributed by atoms with van der Waals surface area (Å²) in [6, 6.07) is 16.6. The van der Waals surface area contributed by atoms with E-state index in [1.165, 1.54) is 28.0 Å². The van der Waals surface area contributed by atoms with Gasteiger partial charge < -0.3 is 9.47 Å². The predicted octanol–water partition coefficient (Wildman–Crippen LogP) is 4.10. The normalized spacial score (nSPS) is 15.6. The predicted molar refractivity (Wildman–Crippen MR) is 137 cm³/mol. The smallest absolute Gasteiger partial charge is 0.338 e. The number of thiazole rings is 1. The van der Waals surface area contributed by atoms with Gasteiger partial charge in [-0.25, -0.2) is 14.2 Å². The third-order valence-electron chi connectivity index (χ3n) is 6.11. The summed E-state index contributed by atoms with van der Waals surface area (Å²) >= 11 is 1.22. The van der Waals surface area contributed by atoms with E-state index in [1.807, 2.05) is 36.4 Å². The molecule has 1 aromatic heterocycles. The Bertz CT molecular complexity index is 1700. The molecule has 182 valence electrons. The highest BCUT2D eigenvalue weighted by atomic mass is 32.1. The van der Waals surface area contributed by atoms with Crippen molar-refractivity contribution in [3.63, 3.8) is 0 Å². The van der Waals surface area contributed by atoms with Crippen LogP contribution >= 0.6 is 11.3 Å². The highest BCUT2D eigenvalue weighted by Gasteiger charge is 2.36. The molecule has 2 heterocycles. The van der Waals surface area contributed by atoms with Gasteiger partial charge in [0, 0.05) is 5.56 Å². The van der Waals surface area contributed by atoms with Gasteiger partial charge in [0.2, 0.25) is 0 Å². The van der Waals surface area contributed by atoms with Crippen LogP contribution in [0.2, 0.25) is 0 Å². The maximum Gasteiger partial charge on any atom is 0.338 e. The van der Waals surface area contributed by atoms with E-state index in [0.717, 1.165) is 10.8 Å². The van der Waals surface area contributed by atoms with Crippen LogP contribution in [0, 0.1) is 5.82 Å². The topological polar surface area (TPSA) is 69.9 Å².